The Labute approximate surface area is 84.7 Å². The Morgan fingerprint density at radius 1 is 1.50 bits per heavy atom. The number of nitrogens with zero attached hydrogens (tertiary/aromatic N) is 2. The van der Waals surface area contributed by atoms with Gasteiger partial charge in [-0.2, -0.15) is 10.2 Å². The molecule has 0 saturated carbocycles. The zero-order chi connectivity index (χ0) is 10.4. The second kappa shape index (κ2) is 5.67. The van der Waals surface area contributed by atoms with E-state index < -0.39 is 0 Å². The lowest BCUT2D eigenvalue weighted by atomic mass is 10.2. The molecule has 78 valence electrons. The normalized spacial score (nSPS) is 15.1. The molecule has 14 heavy (non-hydrogen) atoms. The van der Waals surface area contributed by atoms with E-state index in [1.54, 1.807) is 13.3 Å². The van der Waals surface area contributed by atoms with Crippen LogP contribution in [0.25, 0.3) is 0 Å². The molecule has 1 rings (SSSR count). The number of aromatic nitrogens is 2. The molecule has 0 bridgehead atoms. The lowest BCUT2D eigenvalue weighted by Crippen LogP contribution is -2.36. The van der Waals surface area contributed by atoms with Crippen LogP contribution in [0.5, 0.6) is 0 Å². The van der Waals surface area contributed by atoms with Crippen molar-refractivity contribution in [3.05, 3.63) is 24.0 Å². The molecular formula is C10H17N3O. The molecule has 1 aromatic rings. The van der Waals surface area contributed by atoms with Crippen molar-refractivity contribution >= 4 is 0 Å². The van der Waals surface area contributed by atoms with Crippen LogP contribution in [0.2, 0.25) is 0 Å². The summed E-state index contributed by atoms with van der Waals surface area (Å²) < 4.78 is 5.20. The summed E-state index contributed by atoms with van der Waals surface area (Å²) in [6.45, 7) is 4.85. The fraction of sp³-hybridized carbons (Fsp3) is 0.600. The molecule has 4 nitrogen and oxygen atoms in total. The minimum absolute atomic E-state index is 0.201. The molecule has 0 spiro atoms. The van der Waals surface area contributed by atoms with E-state index in [9.17, 15) is 0 Å². The van der Waals surface area contributed by atoms with Gasteiger partial charge in [-0.05, 0) is 26.0 Å². The number of methoxy groups -OCH3 is 1. The van der Waals surface area contributed by atoms with Crippen molar-refractivity contribution in [2.75, 3.05) is 7.11 Å². The Kier molecular flexibility index (Phi) is 4.49. The summed E-state index contributed by atoms with van der Waals surface area (Å²) in [5.74, 6) is 0. The van der Waals surface area contributed by atoms with Gasteiger partial charge in [0.05, 0.1) is 11.8 Å². The van der Waals surface area contributed by atoms with Gasteiger partial charge in [0.25, 0.3) is 0 Å². The summed E-state index contributed by atoms with van der Waals surface area (Å²) in [6, 6.07) is 4.14. The highest BCUT2D eigenvalue weighted by atomic mass is 16.5. The van der Waals surface area contributed by atoms with Gasteiger partial charge in [0.1, 0.15) is 0 Å². The molecule has 0 fully saturated rings. The minimum Gasteiger partial charge on any atom is -0.380 e. The molecule has 0 aliphatic carbocycles. The van der Waals surface area contributed by atoms with Crippen molar-refractivity contribution in [2.45, 2.75) is 32.5 Å². The van der Waals surface area contributed by atoms with Crippen molar-refractivity contribution in [2.24, 2.45) is 0 Å². The first kappa shape index (κ1) is 11.1. The molecule has 0 aromatic carbocycles. The first-order valence-electron chi connectivity index (χ1n) is 4.76. The quantitative estimate of drug-likeness (QED) is 0.761. The Bertz CT molecular complexity index is 253. The maximum Gasteiger partial charge on any atom is 0.0769 e. The van der Waals surface area contributed by atoms with Gasteiger partial charge >= 0.3 is 0 Å². The highest BCUT2D eigenvalue weighted by Crippen LogP contribution is 1.98. The molecule has 1 heterocycles. The van der Waals surface area contributed by atoms with Gasteiger partial charge in [0.2, 0.25) is 0 Å². The summed E-state index contributed by atoms with van der Waals surface area (Å²) in [5, 5.41) is 11.1. The van der Waals surface area contributed by atoms with Crippen molar-refractivity contribution in [3.63, 3.8) is 0 Å². The molecule has 0 amide bonds. The second-order valence-corrected chi connectivity index (χ2v) is 3.33. The van der Waals surface area contributed by atoms with E-state index >= 15 is 0 Å². The summed E-state index contributed by atoms with van der Waals surface area (Å²) in [4.78, 5) is 0. The van der Waals surface area contributed by atoms with Crippen LogP contribution in [0.1, 0.15) is 19.5 Å². The van der Waals surface area contributed by atoms with Crippen LogP contribution >= 0.6 is 0 Å². The van der Waals surface area contributed by atoms with Gasteiger partial charge in [-0.25, -0.2) is 0 Å². The molecule has 1 N–H and O–H groups in total. The number of nitrogens with one attached hydrogen (secondary N) is 1. The van der Waals surface area contributed by atoms with Gasteiger partial charge in [-0.3, -0.25) is 0 Å². The van der Waals surface area contributed by atoms with Gasteiger partial charge in [-0.1, -0.05) is 0 Å². The molecule has 4 heteroatoms. The van der Waals surface area contributed by atoms with Crippen molar-refractivity contribution in [1.29, 1.82) is 0 Å². The molecule has 0 aliphatic heterocycles. The van der Waals surface area contributed by atoms with E-state index in [4.69, 9.17) is 4.74 Å². The summed E-state index contributed by atoms with van der Waals surface area (Å²) in [6.07, 6.45) is 1.87. The number of hydrogen-bond acceptors (Lipinski definition) is 4. The standard InChI is InChI=1S/C10H17N3O/c1-8(9(2)14-3)11-7-10-5-4-6-12-13-10/h4-6,8-9,11H,7H2,1-3H3. The fourth-order valence-electron chi connectivity index (χ4n) is 1.06. The zero-order valence-corrected chi connectivity index (χ0v) is 8.90. The Hall–Kier alpha value is -1.00. The number of rotatable bonds is 5. The number of ether oxygens (including phenoxy) is 1. The topological polar surface area (TPSA) is 47.0 Å². The Morgan fingerprint density at radius 2 is 2.29 bits per heavy atom. The predicted molar refractivity (Wildman–Crippen MR) is 54.8 cm³/mol. The van der Waals surface area contributed by atoms with E-state index in [0.29, 0.717) is 6.04 Å². The molecular weight excluding hydrogens is 178 g/mol. The summed E-state index contributed by atoms with van der Waals surface area (Å²) in [7, 11) is 1.71. The SMILES string of the molecule is COC(C)C(C)NCc1cccnn1. The summed E-state index contributed by atoms with van der Waals surface area (Å²) >= 11 is 0. The van der Waals surface area contributed by atoms with Crippen LogP contribution < -0.4 is 5.32 Å². The second-order valence-electron chi connectivity index (χ2n) is 3.33. The molecule has 0 saturated heterocycles. The van der Waals surface area contributed by atoms with Gasteiger partial charge < -0.3 is 10.1 Å². The highest BCUT2D eigenvalue weighted by molar-refractivity contribution is 4.98. The lowest BCUT2D eigenvalue weighted by Gasteiger charge is -2.19. The van der Waals surface area contributed by atoms with E-state index in [1.807, 2.05) is 19.1 Å². The van der Waals surface area contributed by atoms with E-state index in [1.165, 1.54) is 0 Å². The monoisotopic (exact) mass is 195 g/mol. The number of hydrogen-bond donors (Lipinski definition) is 1. The van der Waals surface area contributed by atoms with Crippen LogP contribution in [0.15, 0.2) is 18.3 Å². The summed E-state index contributed by atoms with van der Waals surface area (Å²) in [5.41, 5.74) is 0.947. The van der Waals surface area contributed by atoms with Crippen LogP contribution in [-0.4, -0.2) is 29.5 Å². The third kappa shape index (κ3) is 3.40. The smallest absolute Gasteiger partial charge is 0.0769 e. The Morgan fingerprint density at radius 3 is 2.86 bits per heavy atom. The first-order chi connectivity index (χ1) is 6.74. The molecule has 2 unspecified atom stereocenters. The van der Waals surface area contributed by atoms with Gasteiger partial charge in [0.15, 0.2) is 0 Å². The van der Waals surface area contributed by atoms with Crippen LogP contribution in [0, 0.1) is 0 Å². The highest BCUT2D eigenvalue weighted by Gasteiger charge is 2.09. The largest absolute Gasteiger partial charge is 0.380 e. The fourth-order valence-corrected chi connectivity index (χ4v) is 1.06. The van der Waals surface area contributed by atoms with Crippen LogP contribution in [0.4, 0.5) is 0 Å². The molecule has 0 radical (unpaired) electrons. The minimum atomic E-state index is 0.201. The average molecular weight is 195 g/mol. The van der Waals surface area contributed by atoms with E-state index in [-0.39, 0.29) is 6.10 Å². The maximum atomic E-state index is 5.20. The van der Waals surface area contributed by atoms with Crippen LogP contribution in [0.3, 0.4) is 0 Å². The van der Waals surface area contributed by atoms with Crippen molar-refractivity contribution in [3.8, 4) is 0 Å². The van der Waals surface area contributed by atoms with Crippen LogP contribution in [-0.2, 0) is 11.3 Å². The third-order valence-electron chi connectivity index (χ3n) is 2.31. The molecule has 1 aromatic heterocycles. The molecule has 0 aliphatic rings. The molecule has 2 atom stereocenters. The van der Waals surface area contributed by atoms with Gasteiger partial charge in [-0.15, -0.1) is 0 Å². The third-order valence-corrected chi connectivity index (χ3v) is 2.31. The lowest BCUT2D eigenvalue weighted by molar-refractivity contribution is 0.0881. The maximum absolute atomic E-state index is 5.20. The van der Waals surface area contributed by atoms with Crippen molar-refractivity contribution in [1.82, 2.24) is 15.5 Å². The van der Waals surface area contributed by atoms with E-state index in [0.717, 1.165) is 12.2 Å². The average Bonchev–Trinajstić information content (AvgIpc) is 2.26. The first-order valence-corrected chi connectivity index (χ1v) is 4.76. The zero-order valence-electron chi connectivity index (χ0n) is 8.90. The van der Waals surface area contributed by atoms with Crippen molar-refractivity contribution < 1.29 is 4.74 Å². The van der Waals surface area contributed by atoms with E-state index in [2.05, 4.69) is 22.4 Å². The Balaban J connectivity index is 2.34. The predicted octanol–water partition coefficient (Wildman–Crippen LogP) is 0.990. The van der Waals surface area contributed by atoms with Gasteiger partial charge in [0, 0.05) is 25.9 Å².